The van der Waals surface area contributed by atoms with Crippen LogP contribution in [-0.2, 0) is 22.7 Å². The van der Waals surface area contributed by atoms with Gasteiger partial charge in [-0.25, -0.2) is 0 Å². The van der Waals surface area contributed by atoms with E-state index < -0.39 is 6.04 Å². The molecule has 0 saturated carbocycles. The number of carbonyl (C=O) groups is 2. The molecule has 2 aromatic carbocycles. The van der Waals surface area contributed by atoms with Gasteiger partial charge in [-0.1, -0.05) is 36.4 Å². The average molecular weight is 356 g/mol. The summed E-state index contributed by atoms with van der Waals surface area (Å²) in [6.07, 6.45) is 0. The van der Waals surface area contributed by atoms with Crippen molar-refractivity contribution >= 4 is 11.8 Å². The molecule has 0 saturated heterocycles. The van der Waals surface area contributed by atoms with Crippen molar-refractivity contribution in [1.29, 1.82) is 0 Å². The highest BCUT2D eigenvalue weighted by Crippen LogP contribution is 2.28. The van der Waals surface area contributed by atoms with Crippen molar-refractivity contribution in [2.75, 3.05) is 7.11 Å². The second kappa shape index (κ2) is 9.46. The van der Waals surface area contributed by atoms with Crippen LogP contribution in [0.5, 0.6) is 11.5 Å². The van der Waals surface area contributed by atoms with E-state index in [1.54, 1.807) is 14.0 Å². The first-order chi connectivity index (χ1) is 12.5. The molecule has 2 rings (SSSR count). The topological polar surface area (TPSA) is 76.7 Å². The van der Waals surface area contributed by atoms with Crippen molar-refractivity contribution in [3.05, 3.63) is 59.7 Å². The molecule has 138 valence electrons. The highest BCUT2D eigenvalue weighted by Gasteiger charge is 2.13. The molecule has 2 N–H and O–H groups in total. The van der Waals surface area contributed by atoms with Crippen LogP contribution in [0.3, 0.4) is 0 Å². The molecule has 6 nitrogen and oxygen atoms in total. The van der Waals surface area contributed by atoms with E-state index in [-0.39, 0.29) is 11.8 Å². The van der Waals surface area contributed by atoms with E-state index in [9.17, 15) is 9.59 Å². The Kier molecular flexibility index (Phi) is 7.02. The molecule has 0 fully saturated rings. The maximum absolute atomic E-state index is 12.0. The predicted octanol–water partition coefficient (Wildman–Crippen LogP) is 2.41. The molecule has 2 aromatic rings. The zero-order valence-corrected chi connectivity index (χ0v) is 15.2. The zero-order chi connectivity index (χ0) is 18.9. The fourth-order valence-corrected chi connectivity index (χ4v) is 2.39. The Hall–Kier alpha value is -3.02. The molecule has 0 spiro atoms. The van der Waals surface area contributed by atoms with Gasteiger partial charge in [0.25, 0.3) is 0 Å². The third-order valence-corrected chi connectivity index (χ3v) is 3.74. The fraction of sp³-hybridized carbons (Fsp3) is 0.300. The van der Waals surface area contributed by atoms with Gasteiger partial charge >= 0.3 is 0 Å². The Morgan fingerprint density at radius 3 is 2.42 bits per heavy atom. The summed E-state index contributed by atoms with van der Waals surface area (Å²) in [4.78, 5) is 22.9. The second-order valence-electron chi connectivity index (χ2n) is 5.90. The van der Waals surface area contributed by atoms with Gasteiger partial charge in [0.1, 0.15) is 12.6 Å². The number of hydrogen-bond acceptors (Lipinski definition) is 4. The Bertz CT molecular complexity index is 747. The van der Waals surface area contributed by atoms with Crippen LogP contribution in [0.25, 0.3) is 0 Å². The normalized spacial score (nSPS) is 11.3. The lowest BCUT2D eigenvalue weighted by molar-refractivity contribution is -0.127. The summed E-state index contributed by atoms with van der Waals surface area (Å²) in [5, 5.41) is 5.33. The van der Waals surface area contributed by atoms with E-state index in [0.717, 1.165) is 11.1 Å². The van der Waals surface area contributed by atoms with Crippen LogP contribution >= 0.6 is 0 Å². The molecule has 0 aliphatic carbocycles. The lowest BCUT2D eigenvalue weighted by Gasteiger charge is -2.15. The molecule has 0 aliphatic heterocycles. The van der Waals surface area contributed by atoms with Crippen LogP contribution in [0.4, 0.5) is 0 Å². The smallest absolute Gasteiger partial charge is 0.242 e. The summed E-state index contributed by atoms with van der Waals surface area (Å²) in [5.41, 5.74) is 1.94. The first-order valence-electron chi connectivity index (χ1n) is 8.38. The summed E-state index contributed by atoms with van der Waals surface area (Å²) in [6, 6.07) is 14.8. The Morgan fingerprint density at radius 2 is 1.77 bits per heavy atom. The van der Waals surface area contributed by atoms with E-state index in [1.807, 2.05) is 48.5 Å². The Morgan fingerprint density at radius 1 is 1.04 bits per heavy atom. The van der Waals surface area contributed by atoms with Crippen molar-refractivity contribution in [2.45, 2.75) is 33.0 Å². The van der Waals surface area contributed by atoms with Crippen molar-refractivity contribution in [3.63, 3.8) is 0 Å². The van der Waals surface area contributed by atoms with Gasteiger partial charge < -0.3 is 20.1 Å². The number of benzene rings is 2. The van der Waals surface area contributed by atoms with Crippen molar-refractivity contribution < 1.29 is 19.1 Å². The largest absolute Gasteiger partial charge is 0.493 e. The van der Waals surface area contributed by atoms with Gasteiger partial charge in [0, 0.05) is 13.5 Å². The molecule has 0 bridgehead atoms. The Labute approximate surface area is 153 Å². The number of amides is 2. The summed E-state index contributed by atoms with van der Waals surface area (Å²) in [6.45, 7) is 3.79. The molecular weight excluding hydrogens is 332 g/mol. The molecule has 26 heavy (non-hydrogen) atoms. The van der Waals surface area contributed by atoms with Crippen molar-refractivity contribution in [3.8, 4) is 11.5 Å². The predicted molar refractivity (Wildman–Crippen MR) is 98.9 cm³/mol. The van der Waals surface area contributed by atoms with Gasteiger partial charge in [0.2, 0.25) is 11.8 Å². The van der Waals surface area contributed by atoms with E-state index in [0.29, 0.717) is 24.7 Å². The maximum atomic E-state index is 12.0. The van der Waals surface area contributed by atoms with E-state index in [4.69, 9.17) is 9.47 Å². The minimum absolute atomic E-state index is 0.241. The number of rotatable bonds is 8. The van der Waals surface area contributed by atoms with E-state index >= 15 is 0 Å². The van der Waals surface area contributed by atoms with Crippen LogP contribution in [0, 0.1) is 0 Å². The number of nitrogens with one attached hydrogen (secondary N) is 2. The van der Waals surface area contributed by atoms with Crippen LogP contribution in [0.15, 0.2) is 48.5 Å². The zero-order valence-electron chi connectivity index (χ0n) is 15.2. The minimum atomic E-state index is -0.581. The second-order valence-corrected chi connectivity index (χ2v) is 5.90. The minimum Gasteiger partial charge on any atom is -0.493 e. The number of hydrogen-bond donors (Lipinski definition) is 2. The molecule has 0 radical (unpaired) electrons. The quantitative estimate of drug-likeness (QED) is 0.762. The fourth-order valence-electron chi connectivity index (χ4n) is 2.39. The average Bonchev–Trinajstić information content (AvgIpc) is 2.64. The third kappa shape index (κ3) is 5.81. The first kappa shape index (κ1) is 19.3. The van der Waals surface area contributed by atoms with Gasteiger partial charge in [-0.15, -0.1) is 0 Å². The molecule has 6 heteroatoms. The van der Waals surface area contributed by atoms with E-state index in [2.05, 4.69) is 10.6 Å². The van der Waals surface area contributed by atoms with Crippen molar-refractivity contribution in [1.82, 2.24) is 10.6 Å². The van der Waals surface area contributed by atoms with E-state index in [1.165, 1.54) is 6.92 Å². The molecule has 2 amide bonds. The first-order valence-corrected chi connectivity index (χ1v) is 8.38. The summed E-state index contributed by atoms with van der Waals surface area (Å²) < 4.78 is 11.2. The molecule has 0 aromatic heterocycles. The standard InChI is InChI=1S/C20H24N2O4/c1-14(22-15(2)23)20(24)21-12-17-9-10-18(19(11-17)25-3)26-13-16-7-5-4-6-8-16/h4-11,14H,12-13H2,1-3H3,(H,21,24)(H,22,23)/t14-/m1/s1. The van der Waals surface area contributed by atoms with Crippen LogP contribution < -0.4 is 20.1 Å². The molecule has 0 heterocycles. The molecule has 0 unspecified atom stereocenters. The summed E-state index contributed by atoms with van der Waals surface area (Å²) >= 11 is 0. The monoisotopic (exact) mass is 356 g/mol. The lowest BCUT2D eigenvalue weighted by Crippen LogP contribution is -2.43. The SMILES string of the molecule is COc1cc(CNC(=O)[C@@H](C)NC(C)=O)ccc1OCc1ccccc1. The maximum Gasteiger partial charge on any atom is 0.242 e. The van der Waals surface area contributed by atoms with Gasteiger partial charge in [0.05, 0.1) is 7.11 Å². The van der Waals surface area contributed by atoms with Crippen molar-refractivity contribution in [2.24, 2.45) is 0 Å². The highest BCUT2D eigenvalue weighted by molar-refractivity contribution is 5.86. The van der Waals surface area contributed by atoms with Gasteiger partial charge in [0.15, 0.2) is 11.5 Å². The van der Waals surface area contributed by atoms with Gasteiger partial charge in [-0.05, 0) is 30.2 Å². The Balaban J connectivity index is 1.95. The third-order valence-electron chi connectivity index (χ3n) is 3.74. The number of ether oxygens (including phenoxy) is 2. The molecular formula is C20H24N2O4. The van der Waals surface area contributed by atoms with Crippen LogP contribution in [0.2, 0.25) is 0 Å². The van der Waals surface area contributed by atoms with Gasteiger partial charge in [-0.2, -0.15) is 0 Å². The number of carbonyl (C=O) groups excluding carboxylic acids is 2. The number of methoxy groups -OCH3 is 1. The lowest BCUT2D eigenvalue weighted by atomic mass is 10.2. The molecule has 0 aliphatic rings. The summed E-state index contributed by atoms with van der Waals surface area (Å²) in [5.74, 6) is 0.749. The van der Waals surface area contributed by atoms with Crippen LogP contribution in [0.1, 0.15) is 25.0 Å². The van der Waals surface area contributed by atoms with Gasteiger partial charge in [-0.3, -0.25) is 9.59 Å². The molecule has 1 atom stereocenters. The highest BCUT2D eigenvalue weighted by atomic mass is 16.5. The van der Waals surface area contributed by atoms with Crippen LogP contribution in [-0.4, -0.2) is 25.0 Å². The summed E-state index contributed by atoms with van der Waals surface area (Å²) in [7, 11) is 1.58.